The average molecular weight is 936 g/mol. The number of phosphoric ester groups is 2. The first-order valence-corrected chi connectivity index (χ1v) is 23.8. The van der Waals surface area contributed by atoms with Gasteiger partial charge in [0, 0.05) is 44.3 Å². The highest BCUT2D eigenvalue weighted by molar-refractivity contribution is 7.66. The number of anilines is 1. The van der Waals surface area contributed by atoms with E-state index in [0.29, 0.717) is 19.3 Å². The van der Waals surface area contributed by atoms with Crippen LogP contribution in [0.5, 0.6) is 0 Å². The zero-order valence-corrected chi connectivity index (χ0v) is 37.7. The summed E-state index contributed by atoms with van der Waals surface area (Å²) in [5, 5.41) is 13.0. The molecule has 1 fully saturated rings. The van der Waals surface area contributed by atoms with Crippen molar-refractivity contribution >= 4 is 52.9 Å². The van der Waals surface area contributed by atoms with E-state index in [0.717, 1.165) is 4.57 Å². The van der Waals surface area contributed by atoms with Gasteiger partial charge in [0.05, 0.1) is 25.4 Å². The van der Waals surface area contributed by atoms with Gasteiger partial charge in [-0.1, -0.05) is 12.8 Å². The highest BCUT2D eigenvalue weighted by Crippen LogP contribution is 2.67. The predicted octanol–water partition coefficient (Wildman–Crippen LogP) is 2.66. The standard InChI is InChI=1S/C34H60N5O19P3/c1-33(2,3)55-29(42)13-11-22(19-24(40)23(35)12-14-30(43)56-34(4,5)6)31(44)37-16-9-7-8-10-18-52-59(46,47)57-61(50,51)58-60(48,49)53-21-26-25(41)20-28(54-26)39-17-15-27(36)38-32(39)45/h15,17,22-23,25-26,28,41H,7-14,16,18-21,35H2,1-6H3,(H,37,44)(H,46,47)(H,48,49)(H,50,51)(H2,36,38,45)/t22?,23?,25-,26-,28-/m1/s1. The van der Waals surface area contributed by atoms with E-state index in [4.69, 9.17) is 25.7 Å². The molecule has 0 bridgehead atoms. The van der Waals surface area contributed by atoms with Crippen molar-refractivity contribution in [2.75, 3.05) is 25.5 Å². The summed E-state index contributed by atoms with van der Waals surface area (Å²) < 4.78 is 71.4. The summed E-state index contributed by atoms with van der Waals surface area (Å²) in [7, 11) is -16.6. The van der Waals surface area contributed by atoms with Gasteiger partial charge in [0.15, 0.2) is 0 Å². The van der Waals surface area contributed by atoms with Crippen LogP contribution in [0.3, 0.4) is 0 Å². The molecule has 0 aliphatic carbocycles. The summed E-state index contributed by atoms with van der Waals surface area (Å²) in [6, 6.07) is 0.253. The van der Waals surface area contributed by atoms with Crippen molar-refractivity contribution in [1.82, 2.24) is 14.9 Å². The van der Waals surface area contributed by atoms with Crippen LogP contribution in [0.1, 0.15) is 112 Å². The van der Waals surface area contributed by atoms with Gasteiger partial charge < -0.3 is 50.8 Å². The van der Waals surface area contributed by atoms with Crippen molar-refractivity contribution < 1.29 is 84.5 Å². The van der Waals surface area contributed by atoms with Crippen LogP contribution in [0.15, 0.2) is 17.1 Å². The second kappa shape index (κ2) is 23.7. The number of carbonyl (C=O) groups is 4. The van der Waals surface area contributed by atoms with Crippen LogP contribution in [0.4, 0.5) is 5.82 Å². The molecule has 2 rings (SSSR count). The third-order valence-corrected chi connectivity index (χ3v) is 12.5. The van der Waals surface area contributed by atoms with E-state index in [1.807, 2.05) is 0 Å². The second-order valence-electron chi connectivity index (χ2n) is 16.1. The summed E-state index contributed by atoms with van der Waals surface area (Å²) in [6.45, 7) is 8.98. The Hall–Kier alpha value is -2.95. The molecule has 0 saturated carbocycles. The number of nitrogen functional groups attached to an aromatic ring is 1. The van der Waals surface area contributed by atoms with Gasteiger partial charge in [-0.3, -0.25) is 32.8 Å². The Kier molecular flexibility index (Phi) is 21.0. The molecule has 2 heterocycles. The number of rotatable bonds is 26. The molecule has 0 aromatic carbocycles. The molecular weight excluding hydrogens is 875 g/mol. The maximum absolute atomic E-state index is 13.1. The molecule has 1 aliphatic rings. The largest absolute Gasteiger partial charge is 0.490 e. The molecule has 350 valence electrons. The Labute approximate surface area is 353 Å². The number of hydrogen-bond acceptors (Lipinski definition) is 19. The Morgan fingerprint density at radius 1 is 0.902 bits per heavy atom. The van der Waals surface area contributed by atoms with Gasteiger partial charge in [0.2, 0.25) is 5.91 Å². The molecule has 1 aliphatic heterocycles. The molecule has 27 heteroatoms. The first-order valence-electron chi connectivity index (χ1n) is 19.3. The van der Waals surface area contributed by atoms with E-state index >= 15 is 0 Å². The summed E-state index contributed by atoms with van der Waals surface area (Å²) in [4.78, 5) is 95.8. The quantitative estimate of drug-likeness (QED) is 0.0399. The molecule has 1 amide bonds. The maximum Gasteiger partial charge on any atom is 0.490 e. The normalized spacial score (nSPS) is 21.0. The number of aliphatic hydroxyl groups excluding tert-OH is 1. The number of phosphoric acid groups is 3. The number of ether oxygens (including phenoxy) is 3. The fraction of sp³-hybridized carbons (Fsp3) is 0.765. The molecule has 9 N–H and O–H groups in total. The number of ketones is 1. The number of aromatic nitrogens is 2. The number of esters is 2. The van der Waals surface area contributed by atoms with E-state index in [-0.39, 0.29) is 57.3 Å². The number of Topliss-reactive ketones (excluding diaryl/α,β-unsaturated/α-hetero) is 1. The van der Waals surface area contributed by atoms with E-state index in [9.17, 15) is 57.5 Å². The molecular formula is C34H60N5O19P3. The van der Waals surface area contributed by atoms with Crippen LogP contribution in [0, 0.1) is 5.92 Å². The van der Waals surface area contributed by atoms with Crippen LogP contribution in [0.2, 0.25) is 0 Å². The summed E-state index contributed by atoms with van der Waals surface area (Å²) >= 11 is 0. The number of amides is 1. The van der Waals surface area contributed by atoms with Crippen molar-refractivity contribution in [2.24, 2.45) is 11.7 Å². The molecule has 24 nitrogen and oxygen atoms in total. The third-order valence-electron chi connectivity index (χ3n) is 8.23. The lowest BCUT2D eigenvalue weighted by molar-refractivity contribution is -0.156. The van der Waals surface area contributed by atoms with Gasteiger partial charge in [-0.25, -0.2) is 18.5 Å². The fourth-order valence-corrected chi connectivity index (χ4v) is 9.07. The molecule has 1 aromatic rings. The van der Waals surface area contributed by atoms with Crippen LogP contribution in [-0.4, -0.2) is 102 Å². The number of carbonyl (C=O) groups excluding carboxylic acids is 4. The first-order chi connectivity index (χ1) is 28.0. The van der Waals surface area contributed by atoms with Crippen molar-refractivity contribution in [1.29, 1.82) is 0 Å². The Bertz CT molecular complexity index is 1850. The lowest BCUT2D eigenvalue weighted by Gasteiger charge is -2.22. The second-order valence-corrected chi connectivity index (χ2v) is 20.7. The highest BCUT2D eigenvalue weighted by atomic mass is 31.3. The summed E-state index contributed by atoms with van der Waals surface area (Å²) in [5.74, 6) is -3.04. The van der Waals surface area contributed by atoms with Gasteiger partial charge in [0.25, 0.3) is 0 Å². The molecule has 61 heavy (non-hydrogen) atoms. The molecule has 5 unspecified atom stereocenters. The van der Waals surface area contributed by atoms with Crippen molar-refractivity contribution in [3.05, 3.63) is 22.7 Å². The summed E-state index contributed by atoms with van der Waals surface area (Å²) in [5.41, 5.74) is 9.21. The predicted molar refractivity (Wildman–Crippen MR) is 214 cm³/mol. The third kappa shape index (κ3) is 22.3. The smallest absolute Gasteiger partial charge is 0.460 e. The molecule has 0 spiro atoms. The number of nitrogens with zero attached hydrogens (tertiary/aromatic N) is 2. The van der Waals surface area contributed by atoms with E-state index < -0.39 is 108 Å². The molecule has 0 radical (unpaired) electrons. The zero-order valence-electron chi connectivity index (χ0n) is 35.0. The topological polar surface area (TPSA) is 364 Å². The van der Waals surface area contributed by atoms with Gasteiger partial charge in [-0.05, 0) is 73.3 Å². The Morgan fingerprint density at radius 2 is 1.46 bits per heavy atom. The molecule has 1 saturated heterocycles. The number of aliphatic hydroxyl groups is 1. The maximum atomic E-state index is 13.1. The SMILES string of the molecule is CC(C)(C)OC(=O)CCC(N)C(=O)CC(CCC(=O)OC(C)(C)C)C(=O)NCCCCCCOP(=O)(O)OP(=O)(O)OP(=O)(O)OC[C@H]1O[C@@H](n2ccc(N)nc2=O)C[C@H]1O. The van der Waals surface area contributed by atoms with Crippen LogP contribution >= 0.6 is 23.5 Å². The number of hydrogen-bond donors (Lipinski definition) is 7. The Balaban J connectivity index is 1.77. The van der Waals surface area contributed by atoms with Crippen LogP contribution in [-0.2, 0) is 64.8 Å². The van der Waals surface area contributed by atoms with Crippen molar-refractivity contribution in [3.8, 4) is 0 Å². The average Bonchev–Trinajstić information content (AvgIpc) is 3.46. The van der Waals surface area contributed by atoms with E-state index in [1.165, 1.54) is 12.3 Å². The minimum Gasteiger partial charge on any atom is -0.460 e. The first kappa shape index (κ1) is 54.2. The van der Waals surface area contributed by atoms with Gasteiger partial charge >= 0.3 is 41.1 Å². The Morgan fingerprint density at radius 3 is 2.03 bits per heavy atom. The number of nitrogens with one attached hydrogen (secondary N) is 1. The monoisotopic (exact) mass is 935 g/mol. The van der Waals surface area contributed by atoms with Crippen molar-refractivity contribution in [3.63, 3.8) is 0 Å². The zero-order chi connectivity index (χ0) is 46.4. The van der Waals surface area contributed by atoms with Crippen molar-refractivity contribution in [2.45, 2.75) is 141 Å². The number of nitrogens with two attached hydrogens (primary N) is 2. The van der Waals surface area contributed by atoms with Crippen LogP contribution in [0.25, 0.3) is 0 Å². The lowest BCUT2D eigenvalue weighted by atomic mass is 9.92. The highest BCUT2D eigenvalue weighted by Gasteiger charge is 2.44. The summed E-state index contributed by atoms with van der Waals surface area (Å²) in [6.07, 6.45) is -1.79. The minimum atomic E-state index is -5.78. The van der Waals surface area contributed by atoms with E-state index in [2.05, 4.69) is 28.0 Å². The van der Waals surface area contributed by atoms with E-state index in [1.54, 1.807) is 41.5 Å². The van der Waals surface area contributed by atoms with Gasteiger partial charge in [-0.15, -0.1) is 0 Å². The molecule has 1 aromatic heterocycles. The van der Waals surface area contributed by atoms with Gasteiger partial charge in [-0.2, -0.15) is 13.6 Å². The van der Waals surface area contributed by atoms with Gasteiger partial charge in [0.1, 0.15) is 35.1 Å². The minimum absolute atomic E-state index is 0.00437. The fourth-order valence-electron chi connectivity index (χ4n) is 5.52. The van der Waals surface area contributed by atoms with Crippen LogP contribution < -0.4 is 22.5 Å². The molecule has 8 atom stereocenters. The lowest BCUT2D eigenvalue weighted by Crippen LogP contribution is -2.38. The number of unbranched alkanes of at least 4 members (excludes halogenated alkanes) is 3.